The van der Waals surface area contributed by atoms with Crippen LogP contribution in [0.15, 0.2) is 60.7 Å². The van der Waals surface area contributed by atoms with E-state index >= 15 is 0 Å². The first kappa shape index (κ1) is 24.2. The van der Waals surface area contributed by atoms with Crippen molar-refractivity contribution >= 4 is 5.91 Å². The Kier molecular flexibility index (Phi) is 6.47. The minimum absolute atomic E-state index is 0.0435. The van der Waals surface area contributed by atoms with Crippen molar-refractivity contribution in [2.24, 2.45) is 11.1 Å². The zero-order valence-corrected chi connectivity index (χ0v) is 20.1. The van der Waals surface area contributed by atoms with Gasteiger partial charge in [0.15, 0.2) is 5.82 Å². The van der Waals surface area contributed by atoms with E-state index in [1.165, 1.54) is 0 Å². The summed E-state index contributed by atoms with van der Waals surface area (Å²) in [5, 5.41) is 4.59. The lowest BCUT2D eigenvalue weighted by molar-refractivity contribution is 0.0998. The zero-order chi connectivity index (χ0) is 25.3. The first-order chi connectivity index (χ1) is 16.5. The van der Waals surface area contributed by atoms with Gasteiger partial charge in [0.25, 0.3) is 5.91 Å². The number of amides is 1. The summed E-state index contributed by atoms with van der Waals surface area (Å²) in [5.41, 5.74) is 7.59. The third-order valence-corrected chi connectivity index (χ3v) is 5.77. The molecule has 2 aromatic carbocycles. The molecule has 180 valence electrons. The number of hydrogen-bond donors (Lipinski definition) is 1. The van der Waals surface area contributed by atoms with Crippen molar-refractivity contribution in [3.05, 3.63) is 101 Å². The van der Waals surface area contributed by atoms with Gasteiger partial charge in [0.1, 0.15) is 17.5 Å². The molecule has 35 heavy (non-hydrogen) atoms. The summed E-state index contributed by atoms with van der Waals surface area (Å²) in [6.45, 7) is 8.16. The molecule has 1 atom stereocenters. The Labute approximate surface area is 202 Å². The first-order valence-corrected chi connectivity index (χ1v) is 11.3. The highest BCUT2D eigenvalue weighted by Gasteiger charge is 2.37. The van der Waals surface area contributed by atoms with Crippen LogP contribution in [0.1, 0.15) is 59.8 Å². The van der Waals surface area contributed by atoms with Gasteiger partial charge in [-0.25, -0.2) is 18.4 Å². The van der Waals surface area contributed by atoms with Gasteiger partial charge >= 0.3 is 0 Å². The fourth-order valence-electron chi connectivity index (χ4n) is 4.15. The summed E-state index contributed by atoms with van der Waals surface area (Å²) in [5.74, 6) is -1.82. The Morgan fingerprint density at radius 1 is 1.03 bits per heavy atom. The van der Waals surface area contributed by atoms with Crippen LogP contribution in [0.4, 0.5) is 8.78 Å². The normalized spacial score (nSPS) is 12.5. The monoisotopic (exact) mass is 475 g/mol. The number of carbonyl (C=O) groups is 1. The van der Waals surface area contributed by atoms with Crippen molar-refractivity contribution in [2.75, 3.05) is 0 Å². The maximum absolute atomic E-state index is 14.7. The molecule has 4 rings (SSSR count). The second kappa shape index (κ2) is 9.37. The number of aryl methyl sites for hydroxylation is 1. The molecule has 6 nitrogen and oxygen atoms in total. The van der Waals surface area contributed by atoms with Gasteiger partial charge in [-0.15, -0.1) is 0 Å². The predicted molar refractivity (Wildman–Crippen MR) is 130 cm³/mol. The maximum Gasteiger partial charge on any atom is 0.250 e. The predicted octanol–water partition coefficient (Wildman–Crippen LogP) is 5.25. The summed E-state index contributed by atoms with van der Waals surface area (Å²) in [6.07, 6.45) is 0. The molecule has 4 aromatic rings. The van der Waals surface area contributed by atoms with Gasteiger partial charge in [-0.2, -0.15) is 5.10 Å². The standard InChI is InChI=1S/C27H27F2N5O/c1-16-10-12-19(24(30)35)23(31-16)22(27(2,3)4)26-32-25(20-14-18(28)11-13-21(20)29)33-34(26)15-17-8-6-5-7-9-17/h5-14,22H,15H2,1-4H3,(H2,30,35)/t22-/m1/s1. The number of nitrogens with zero attached hydrogens (tertiary/aromatic N) is 4. The molecular weight excluding hydrogens is 448 g/mol. The Morgan fingerprint density at radius 3 is 2.40 bits per heavy atom. The molecule has 2 aromatic heterocycles. The molecule has 0 saturated carbocycles. The number of pyridine rings is 1. The largest absolute Gasteiger partial charge is 0.366 e. The second-order valence-electron chi connectivity index (χ2n) is 9.61. The SMILES string of the molecule is Cc1ccc(C(N)=O)c([C@H](c2nc(-c3cc(F)ccc3F)nn2Cc2ccccc2)C(C)(C)C)n1. The molecule has 0 fully saturated rings. The number of carbonyl (C=O) groups excluding carboxylic acids is 1. The average Bonchev–Trinajstić information content (AvgIpc) is 3.18. The third-order valence-electron chi connectivity index (χ3n) is 5.77. The third kappa shape index (κ3) is 5.11. The van der Waals surface area contributed by atoms with E-state index in [1.807, 2.05) is 58.0 Å². The molecule has 0 bridgehead atoms. The summed E-state index contributed by atoms with van der Waals surface area (Å²) < 4.78 is 30.3. The molecule has 2 heterocycles. The van der Waals surface area contributed by atoms with Crippen molar-refractivity contribution in [2.45, 2.75) is 40.2 Å². The minimum atomic E-state index is -0.631. The van der Waals surface area contributed by atoms with Crippen LogP contribution in [0.5, 0.6) is 0 Å². The second-order valence-corrected chi connectivity index (χ2v) is 9.61. The number of rotatable bonds is 6. The molecule has 0 saturated heterocycles. The number of primary amides is 1. The number of aromatic nitrogens is 4. The molecule has 1 amide bonds. The van der Waals surface area contributed by atoms with Gasteiger partial charge in [-0.05, 0) is 48.2 Å². The van der Waals surface area contributed by atoms with E-state index < -0.39 is 28.9 Å². The molecule has 2 N–H and O–H groups in total. The summed E-state index contributed by atoms with van der Waals surface area (Å²) in [6, 6.07) is 16.2. The Balaban J connectivity index is 1.98. The Bertz CT molecular complexity index is 1380. The molecule has 0 aliphatic heterocycles. The van der Waals surface area contributed by atoms with Crippen LogP contribution in [0.2, 0.25) is 0 Å². The molecule has 0 aliphatic carbocycles. The quantitative estimate of drug-likeness (QED) is 0.413. The zero-order valence-electron chi connectivity index (χ0n) is 20.1. The molecule has 0 radical (unpaired) electrons. The summed E-state index contributed by atoms with van der Waals surface area (Å²) in [7, 11) is 0. The van der Waals surface area contributed by atoms with Crippen LogP contribution < -0.4 is 5.73 Å². The molecule has 0 spiro atoms. The van der Waals surface area contributed by atoms with Gasteiger partial charge in [-0.1, -0.05) is 51.1 Å². The van der Waals surface area contributed by atoms with Crippen LogP contribution in [-0.4, -0.2) is 25.7 Å². The molecular formula is C27H27F2N5O. The van der Waals surface area contributed by atoms with Crippen molar-refractivity contribution in [1.82, 2.24) is 19.7 Å². The molecule has 0 unspecified atom stereocenters. The van der Waals surface area contributed by atoms with Gasteiger partial charge in [-0.3, -0.25) is 9.78 Å². The lowest BCUT2D eigenvalue weighted by Gasteiger charge is -2.31. The maximum atomic E-state index is 14.7. The van der Waals surface area contributed by atoms with E-state index in [4.69, 9.17) is 10.7 Å². The van der Waals surface area contributed by atoms with Crippen molar-refractivity contribution < 1.29 is 13.6 Å². The van der Waals surface area contributed by atoms with E-state index in [1.54, 1.807) is 16.8 Å². The van der Waals surface area contributed by atoms with E-state index in [9.17, 15) is 13.6 Å². The van der Waals surface area contributed by atoms with Crippen molar-refractivity contribution in [3.8, 4) is 11.4 Å². The van der Waals surface area contributed by atoms with Crippen LogP contribution >= 0.6 is 0 Å². The van der Waals surface area contributed by atoms with Gasteiger partial charge < -0.3 is 5.73 Å². The molecule has 8 heteroatoms. The number of halogens is 2. The topological polar surface area (TPSA) is 86.7 Å². The fourth-order valence-corrected chi connectivity index (χ4v) is 4.15. The lowest BCUT2D eigenvalue weighted by atomic mass is 9.76. The smallest absolute Gasteiger partial charge is 0.250 e. The van der Waals surface area contributed by atoms with Gasteiger partial charge in [0, 0.05) is 5.69 Å². The number of hydrogen-bond acceptors (Lipinski definition) is 4. The average molecular weight is 476 g/mol. The lowest BCUT2D eigenvalue weighted by Crippen LogP contribution is -2.28. The van der Waals surface area contributed by atoms with E-state index in [0.717, 1.165) is 23.8 Å². The Morgan fingerprint density at radius 2 is 1.74 bits per heavy atom. The highest BCUT2D eigenvalue weighted by molar-refractivity contribution is 5.94. The Hall–Kier alpha value is -3.94. The van der Waals surface area contributed by atoms with Crippen LogP contribution in [0, 0.1) is 24.0 Å². The van der Waals surface area contributed by atoms with Crippen LogP contribution in [-0.2, 0) is 6.54 Å². The fraction of sp³-hybridized carbons (Fsp3) is 0.259. The minimum Gasteiger partial charge on any atom is -0.366 e. The number of benzene rings is 2. The van der Waals surface area contributed by atoms with Gasteiger partial charge in [0.2, 0.25) is 0 Å². The summed E-state index contributed by atoms with van der Waals surface area (Å²) >= 11 is 0. The van der Waals surface area contributed by atoms with Crippen LogP contribution in [0.3, 0.4) is 0 Å². The van der Waals surface area contributed by atoms with E-state index in [0.29, 0.717) is 23.8 Å². The highest BCUT2D eigenvalue weighted by atomic mass is 19.1. The summed E-state index contributed by atoms with van der Waals surface area (Å²) in [4.78, 5) is 21.7. The number of nitrogens with two attached hydrogens (primary N) is 1. The van der Waals surface area contributed by atoms with Crippen LogP contribution in [0.25, 0.3) is 11.4 Å². The highest BCUT2D eigenvalue weighted by Crippen LogP contribution is 2.41. The van der Waals surface area contributed by atoms with Crippen molar-refractivity contribution in [1.29, 1.82) is 0 Å². The van der Waals surface area contributed by atoms with Gasteiger partial charge in [0.05, 0.1) is 29.3 Å². The first-order valence-electron chi connectivity index (χ1n) is 11.3. The molecule has 0 aliphatic rings. The van der Waals surface area contributed by atoms with E-state index in [2.05, 4.69) is 10.1 Å². The van der Waals surface area contributed by atoms with E-state index in [-0.39, 0.29) is 17.0 Å². The van der Waals surface area contributed by atoms with Crippen molar-refractivity contribution in [3.63, 3.8) is 0 Å².